The monoisotopic (exact) mass is 566 g/mol. The third-order valence-corrected chi connectivity index (χ3v) is 9.26. The molecule has 40 heavy (non-hydrogen) atoms. The molecule has 0 bridgehead atoms. The normalized spacial score (nSPS) is 14.0. The molecular formula is C31H30N6OS2. The average molecular weight is 567 g/mol. The van der Waals surface area contributed by atoms with Crippen molar-refractivity contribution < 1.29 is 4.79 Å². The van der Waals surface area contributed by atoms with Gasteiger partial charge in [0.15, 0.2) is 11.0 Å². The molecule has 0 spiro atoms. The maximum Gasteiger partial charge on any atom is 0.273 e. The second kappa shape index (κ2) is 12.1. The van der Waals surface area contributed by atoms with Crippen LogP contribution in [0.1, 0.15) is 39.5 Å². The molecule has 1 aliphatic rings. The first-order valence-electron chi connectivity index (χ1n) is 13.5. The standard InChI is InChI=1S/C31H30N6OS2/c1-22-7-5-6-10-27(22)37-29(25-11-15-32-16-12-25)34-35-31(37)40-21-28-33-26(20-39-28)30(38)36-17-13-24(14-18-36)19-23-8-3-2-4-9-23/h2-12,15-16,20,24H,13-14,17-19,21H2,1H3. The number of nitrogens with zero attached hydrogens (tertiary/aromatic N) is 6. The Bertz CT molecular complexity index is 1580. The quantitative estimate of drug-likeness (QED) is 0.200. The van der Waals surface area contributed by atoms with E-state index in [0.29, 0.717) is 17.4 Å². The predicted octanol–water partition coefficient (Wildman–Crippen LogP) is 6.48. The molecule has 0 unspecified atom stereocenters. The highest BCUT2D eigenvalue weighted by molar-refractivity contribution is 7.98. The zero-order chi connectivity index (χ0) is 27.3. The van der Waals surface area contributed by atoms with Crippen LogP contribution in [0.25, 0.3) is 17.1 Å². The molecule has 6 rings (SSSR count). The van der Waals surface area contributed by atoms with Crippen molar-refractivity contribution in [2.45, 2.75) is 37.1 Å². The number of piperidine rings is 1. The number of hydrogen-bond acceptors (Lipinski definition) is 7. The lowest BCUT2D eigenvalue weighted by molar-refractivity contribution is 0.0685. The van der Waals surface area contributed by atoms with E-state index in [2.05, 4.69) is 69.1 Å². The van der Waals surface area contributed by atoms with Gasteiger partial charge in [0, 0.05) is 36.4 Å². The van der Waals surface area contributed by atoms with Gasteiger partial charge in [-0.15, -0.1) is 21.5 Å². The maximum absolute atomic E-state index is 13.2. The lowest BCUT2D eigenvalue weighted by Crippen LogP contribution is -2.39. The summed E-state index contributed by atoms with van der Waals surface area (Å²) in [7, 11) is 0. The van der Waals surface area contributed by atoms with Gasteiger partial charge in [-0.05, 0) is 61.4 Å². The highest BCUT2D eigenvalue weighted by atomic mass is 32.2. The van der Waals surface area contributed by atoms with E-state index in [9.17, 15) is 4.79 Å². The number of thiazole rings is 1. The topological polar surface area (TPSA) is 76.8 Å². The number of likely N-dealkylation sites (tertiary alicyclic amines) is 1. The second-order valence-corrected chi connectivity index (χ2v) is 11.9. The minimum absolute atomic E-state index is 0.0358. The molecule has 0 aliphatic carbocycles. The van der Waals surface area contributed by atoms with E-state index in [0.717, 1.165) is 65.2 Å². The van der Waals surface area contributed by atoms with E-state index in [1.165, 1.54) is 16.9 Å². The highest BCUT2D eigenvalue weighted by Gasteiger charge is 2.25. The number of carbonyl (C=O) groups excluding carboxylic acids is 1. The molecule has 3 aromatic heterocycles. The summed E-state index contributed by atoms with van der Waals surface area (Å²) < 4.78 is 2.09. The Balaban J connectivity index is 1.12. The molecule has 1 amide bonds. The van der Waals surface area contributed by atoms with E-state index in [4.69, 9.17) is 4.98 Å². The fourth-order valence-electron chi connectivity index (χ4n) is 5.13. The fraction of sp³-hybridized carbons (Fsp3) is 0.258. The van der Waals surface area contributed by atoms with Gasteiger partial charge < -0.3 is 4.90 Å². The van der Waals surface area contributed by atoms with Gasteiger partial charge in [-0.3, -0.25) is 14.3 Å². The van der Waals surface area contributed by atoms with E-state index < -0.39 is 0 Å². The Kier molecular flexibility index (Phi) is 8.02. The van der Waals surface area contributed by atoms with Crippen molar-refractivity contribution in [2.24, 2.45) is 5.92 Å². The Morgan fingerprint density at radius 2 is 1.73 bits per heavy atom. The summed E-state index contributed by atoms with van der Waals surface area (Å²) in [6, 6.07) is 22.7. The summed E-state index contributed by atoms with van der Waals surface area (Å²) in [4.78, 5) is 24.0. The van der Waals surface area contributed by atoms with Crippen molar-refractivity contribution in [1.29, 1.82) is 0 Å². The predicted molar refractivity (Wildman–Crippen MR) is 160 cm³/mol. The number of aryl methyl sites for hydroxylation is 1. The number of para-hydroxylation sites is 1. The third kappa shape index (κ3) is 5.85. The van der Waals surface area contributed by atoms with Crippen molar-refractivity contribution in [3.8, 4) is 17.1 Å². The molecule has 0 N–H and O–H groups in total. The van der Waals surface area contributed by atoms with E-state index >= 15 is 0 Å². The van der Waals surface area contributed by atoms with Crippen LogP contribution in [-0.2, 0) is 12.2 Å². The smallest absolute Gasteiger partial charge is 0.273 e. The van der Waals surface area contributed by atoms with Crippen LogP contribution >= 0.6 is 23.1 Å². The lowest BCUT2D eigenvalue weighted by atomic mass is 9.90. The zero-order valence-electron chi connectivity index (χ0n) is 22.3. The van der Waals surface area contributed by atoms with Crippen LogP contribution in [-0.4, -0.2) is 48.6 Å². The number of thioether (sulfide) groups is 1. The molecule has 2 aromatic carbocycles. The molecule has 1 aliphatic heterocycles. The summed E-state index contributed by atoms with van der Waals surface area (Å²) in [5.74, 6) is 2.03. The Labute approximate surface area is 242 Å². The Hall–Kier alpha value is -3.82. The van der Waals surface area contributed by atoms with Crippen LogP contribution in [0.15, 0.2) is 89.7 Å². The maximum atomic E-state index is 13.2. The first-order chi connectivity index (χ1) is 19.7. The molecule has 0 atom stereocenters. The first kappa shape index (κ1) is 26.4. The molecular weight excluding hydrogens is 537 g/mol. The van der Waals surface area contributed by atoms with E-state index in [1.807, 2.05) is 34.5 Å². The van der Waals surface area contributed by atoms with Crippen molar-refractivity contribution in [2.75, 3.05) is 13.1 Å². The Morgan fingerprint density at radius 3 is 2.50 bits per heavy atom. The van der Waals surface area contributed by atoms with Gasteiger partial charge in [-0.1, -0.05) is 60.3 Å². The third-order valence-electron chi connectivity index (χ3n) is 7.29. The van der Waals surface area contributed by atoms with Crippen molar-refractivity contribution in [1.82, 2.24) is 29.6 Å². The molecule has 0 radical (unpaired) electrons. The molecule has 1 fully saturated rings. The van der Waals surface area contributed by atoms with Gasteiger partial charge in [-0.25, -0.2) is 4.98 Å². The summed E-state index contributed by atoms with van der Waals surface area (Å²) >= 11 is 3.10. The number of hydrogen-bond donors (Lipinski definition) is 0. The fourth-order valence-corrected chi connectivity index (χ4v) is 6.86. The summed E-state index contributed by atoms with van der Waals surface area (Å²) in [6.07, 6.45) is 6.67. The van der Waals surface area contributed by atoms with Gasteiger partial charge in [0.05, 0.1) is 11.4 Å². The van der Waals surface area contributed by atoms with Crippen molar-refractivity contribution in [3.05, 3.63) is 106 Å². The molecule has 5 aromatic rings. The first-order valence-corrected chi connectivity index (χ1v) is 15.3. The van der Waals surface area contributed by atoms with Gasteiger partial charge in [0.1, 0.15) is 10.7 Å². The lowest BCUT2D eigenvalue weighted by Gasteiger charge is -2.31. The van der Waals surface area contributed by atoms with E-state index in [1.54, 1.807) is 24.2 Å². The number of rotatable bonds is 8. The number of pyridine rings is 1. The van der Waals surface area contributed by atoms with Crippen LogP contribution in [0.4, 0.5) is 0 Å². The molecule has 4 heterocycles. The summed E-state index contributed by atoms with van der Waals surface area (Å²) in [5, 5.41) is 12.6. The van der Waals surface area contributed by atoms with Gasteiger partial charge in [0.25, 0.3) is 5.91 Å². The Morgan fingerprint density at radius 1 is 0.975 bits per heavy atom. The van der Waals surface area contributed by atoms with Crippen LogP contribution in [0.2, 0.25) is 0 Å². The second-order valence-electron chi connectivity index (χ2n) is 10.0. The van der Waals surface area contributed by atoms with Crippen molar-refractivity contribution in [3.63, 3.8) is 0 Å². The number of carbonyl (C=O) groups is 1. The molecule has 0 saturated carbocycles. The highest BCUT2D eigenvalue weighted by Crippen LogP contribution is 2.32. The molecule has 7 nitrogen and oxygen atoms in total. The molecule has 1 saturated heterocycles. The number of aromatic nitrogens is 5. The minimum Gasteiger partial charge on any atom is -0.337 e. The van der Waals surface area contributed by atoms with Crippen LogP contribution in [0.3, 0.4) is 0 Å². The largest absolute Gasteiger partial charge is 0.337 e. The number of amides is 1. The average Bonchev–Trinajstić information content (AvgIpc) is 3.65. The number of benzene rings is 2. The van der Waals surface area contributed by atoms with Gasteiger partial charge in [-0.2, -0.15) is 0 Å². The SMILES string of the molecule is Cc1ccccc1-n1c(SCc2nc(C(=O)N3CCC(Cc4ccccc4)CC3)cs2)nnc1-c1ccncc1. The molecule has 9 heteroatoms. The molecule has 202 valence electrons. The van der Waals surface area contributed by atoms with Crippen LogP contribution in [0, 0.1) is 12.8 Å². The van der Waals surface area contributed by atoms with Gasteiger partial charge >= 0.3 is 0 Å². The minimum atomic E-state index is 0.0358. The summed E-state index contributed by atoms with van der Waals surface area (Å²) in [6.45, 7) is 3.66. The van der Waals surface area contributed by atoms with Crippen molar-refractivity contribution >= 4 is 29.0 Å². The van der Waals surface area contributed by atoms with E-state index in [-0.39, 0.29) is 5.91 Å². The summed E-state index contributed by atoms with van der Waals surface area (Å²) in [5.41, 5.74) is 5.04. The van der Waals surface area contributed by atoms with Gasteiger partial charge in [0.2, 0.25) is 0 Å². The van der Waals surface area contributed by atoms with Crippen LogP contribution < -0.4 is 0 Å². The zero-order valence-corrected chi connectivity index (χ0v) is 23.9. The van der Waals surface area contributed by atoms with Crippen LogP contribution in [0.5, 0.6) is 0 Å².